The lowest BCUT2D eigenvalue weighted by molar-refractivity contribution is -0.131. The number of methoxy groups -OCH3 is 1. The molecule has 0 N–H and O–H groups in total. The second-order valence-corrected chi connectivity index (χ2v) is 10.4. The van der Waals surface area contributed by atoms with E-state index < -0.39 is 0 Å². The third-order valence-corrected chi connectivity index (χ3v) is 7.40. The molecule has 2 aliphatic rings. The molecule has 0 aliphatic carbocycles. The molecule has 0 radical (unpaired) electrons. The van der Waals surface area contributed by atoms with Gasteiger partial charge in [-0.05, 0) is 29.6 Å². The van der Waals surface area contributed by atoms with Crippen molar-refractivity contribution in [1.82, 2.24) is 9.80 Å². The monoisotopic (exact) mass is 404 g/mol. The summed E-state index contributed by atoms with van der Waals surface area (Å²) < 4.78 is 5.12. The first-order valence-corrected chi connectivity index (χ1v) is 11.7. The lowest BCUT2D eigenvalue weighted by Gasteiger charge is -2.30. The van der Waals surface area contributed by atoms with Gasteiger partial charge in [0, 0.05) is 51.0 Å². The Labute approximate surface area is 175 Å². The molecule has 2 atom stereocenters. The molecule has 0 bridgehead atoms. The van der Waals surface area contributed by atoms with Gasteiger partial charge in [-0.3, -0.25) is 4.79 Å². The zero-order valence-electron chi connectivity index (χ0n) is 17.7. The van der Waals surface area contributed by atoms with Gasteiger partial charge in [-0.15, -0.1) is 0 Å². The molecule has 2 unspecified atom stereocenters. The van der Waals surface area contributed by atoms with E-state index in [2.05, 4.69) is 54.0 Å². The van der Waals surface area contributed by atoms with E-state index >= 15 is 0 Å². The standard InChI is InChI=1S/C23H36N2O2S/c1-19(2)28-14-12-24-15-21-16-25(22(26)10-13-27-3)18-23(21,17-24)11-9-20-7-5-4-6-8-20/h4-8,19,21H,9-18H2,1-3H3. The van der Waals surface area contributed by atoms with Gasteiger partial charge in [0.15, 0.2) is 0 Å². The van der Waals surface area contributed by atoms with Crippen molar-refractivity contribution in [3.8, 4) is 0 Å². The number of likely N-dealkylation sites (tertiary alicyclic amines) is 2. The van der Waals surface area contributed by atoms with Crippen LogP contribution in [0.2, 0.25) is 0 Å². The topological polar surface area (TPSA) is 32.8 Å². The molecule has 1 aromatic rings. The largest absolute Gasteiger partial charge is 0.384 e. The molecule has 1 amide bonds. The van der Waals surface area contributed by atoms with Gasteiger partial charge in [0.2, 0.25) is 5.91 Å². The summed E-state index contributed by atoms with van der Waals surface area (Å²) in [7, 11) is 1.67. The molecular weight excluding hydrogens is 368 g/mol. The molecular formula is C23H36N2O2S. The first kappa shape index (κ1) is 21.7. The van der Waals surface area contributed by atoms with Crippen LogP contribution in [0.15, 0.2) is 30.3 Å². The molecule has 28 heavy (non-hydrogen) atoms. The lowest BCUT2D eigenvalue weighted by atomic mass is 9.76. The summed E-state index contributed by atoms with van der Waals surface area (Å²) in [5.41, 5.74) is 1.66. The Hall–Kier alpha value is -1.04. The van der Waals surface area contributed by atoms with Gasteiger partial charge in [-0.2, -0.15) is 11.8 Å². The number of hydrogen-bond donors (Lipinski definition) is 0. The van der Waals surface area contributed by atoms with E-state index in [9.17, 15) is 4.79 Å². The van der Waals surface area contributed by atoms with E-state index in [0.29, 0.717) is 24.2 Å². The van der Waals surface area contributed by atoms with Crippen LogP contribution in [0, 0.1) is 11.3 Å². The minimum Gasteiger partial charge on any atom is -0.384 e. The number of carbonyl (C=O) groups is 1. The number of benzene rings is 1. The van der Waals surface area contributed by atoms with Crippen molar-refractivity contribution in [1.29, 1.82) is 0 Å². The summed E-state index contributed by atoms with van der Waals surface area (Å²) in [4.78, 5) is 17.4. The Kier molecular flexibility index (Phi) is 7.84. The Morgan fingerprint density at radius 2 is 2.04 bits per heavy atom. The van der Waals surface area contributed by atoms with E-state index in [-0.39, 0.29) is 11.3 Å². The molecule has 0 spiro atoms. The van der Waals surface area contributed by atoms with Crippen LogP contribution in [-0.4, -0.2) is 73.2 Å². The molecule has 156 valence electrons. The Morgan fingerprint density at radius 3 is 2.75 bits per heavy atom. The molecule has 5 heteroatoms. The summed E-state index contributed by atoms with van der Waals surface area (Å²) in [6.45, 7) is 10.4. The fourth-order valence-corrected chi connectivity index (χ4v) is 5.65. The van der Waals surface area contributed by atoms with Crippen LogP contribution in [0.25, 0.3) is 0 Å². The van der Waals surface area contributed by atoms with Crippen molar-refractivity contribution in [2.45, 2.75) is 38.4 Å². The third-order valence-electron chi connectivity index (χ3n) is 6.32. The zero-order valence-corrected chi connectivity index (χ0v) is 18.5. The molecule has 2 saturated heterocycles. The highest BCUT2D eigenvalue weighted by Crippen LogP contribution is 2.46. The highest BCUT2D eigenvalue weighted by Gasteiger charge is 2.52. The maximum absolute atomic E-state index is 12.6. The fraction of sp³-hybridized carbons (Fsp3) is 0.696. The SMILES string of the molecule is COCCC(=O)N1CC2CN(CCSC(C)C)CC2(CCc2ccccc2)C1. The second-order valence-electron chi connectivity index (χ2n) is 8.72. The van der Waals surface area contributed by atoms with E-state index in [1.807, 2.05) is 11.8 Å². The van der Waals surface area contributed by atoms with Crippen molar-refractivity contribution in [2.24, 2.45) is 11.3 Å². The number of amides is 1. The van der Waals surface area contributed by atoms with Crippen LogP contribution in [-0.2, 0) is 16.0 Å². The Morgan fingerprint density at radius 1 is 1.25 bits per heavy atom. The van der Waals surface area contributed by atoms with Crippen LogP contribution < -0.4 is 0 Å². The average Bonchev–Trinajstić information content (AvgIpc) is 3.19. The number of fused-ring (bicyclic) bond motifs is 1. The maximum Gasteiger partial charge on any atom is 0.224 e. The predicted molar refractivity (Wildman–Crippen MR) is 118 cm³/mol. The van der Waals surface area contributed by atoms with Gasteiger partial charge < -0.3 is 14.5 Å². The zero-order chi connectivity index (χ0) is 20.0. The summed E-state index contributed by atoms with van der Waals surface area (Å²) in [6, 6.07) is 10.8. The third kappa shape index (κ3) is 5.52. The molecule has 1 aromatic carbocycles. The summed E-state index contributed by atoms with van der Waals surface area (Å²) in [5.74, 6) is 2.07. The summed E-state index contributed by atoms with van der Waals surface area (Å²) in [6.07, 6.45) is 2.78. The molecule has 2 heterocycles. The van der Waals surface area contributed by atoms with E-state index in [4.69, 9.17) is 4.74 Å². The van der Waals surface area contributed by atoms with Gasteiger partial charge in [-0.25, -0.2) is 0 Å². The van der Waals surface area contributed by atoms with E-state index in [1.165, 1.54) is 24.3 Å². The fourth-order valence-electron chi connectivity index (χ4n) is 4.81. The number of ether oxygens (including phenoxy) is 1. The van der Waals surface area contributed by atoms with Crippen molar-refractivity contribution in [2.75, 3.05) is 52.2 Å². The molecule has 2 aliphatic heterocycles. The molecule has 2 fully saturated rings. The number of rotatable bonds is 10. The minimum absolute atomic E-state index is 0.251. The number of aryl methyl sites for hydroxylation is 1. The Bertz CT molecular complexity index is 624. The maximum atomic E-state index is 12.6. The lowest BCUT2D eigenvalue weighted by Crippen LogP contribution is -2.38. The van der Waals surface area contributed by atoms with Crippen LogP contribution >= 0.6 is 11.8 Å². The van der Waals surface area contributed by atoms with E-state index in [0.717, 1.165) is 32.6 Å². The van der Waals surface area contributed by atoms with Crippen LogP contribution in [0.1, 0.15) is 32.3 Å². The molecule has 0 aromatic heterocycles. The van der Waals surface area contributed by atoms with E-state index in [1.54, 1.807) is 7.11 Å². The van der Waals surface area contributed by atoms with Crippen LogP contribution in [0.3, 0.4) is 0 Å². The van der Waals surface area contributed by atoms with Gasteiger partial charge in [0.1, 0.15) is 0 Å². The first-order valence-electron chi connectivity index (χ1n) is 10.7. The minimum atomic E-state index is 0.251. The number of nitrogens with zero attached hydrogens (tertiary/aromatic N) is 2. The van der Waals surface area contributed by atoms with Gasteiger partial charge in [0.05, 0.1) is 13.0 Å². The van der Waals surface area contributed by atoms with Crippen molar-refractivity contribution in [3.05, 3.63) is 35.9 Å². The number of thioether (sulfide) groups is 1. The quantitative estimate of drug-likeness (QED) is 0.597. The highest BCUT2D eigenvalue weighted by molar-refractivity contribution is 7.99. The first-order chi connectivity index (χ1) is 13.5. The smallest absolute Gasteiger partial charge is 0.224 e. The van der Waals surface area contributed by atoms with Crippen molar-refractivity contribution >= 4 is 17.7 Å². The van der Waals surface area contributed by atoms with Crippen molar-refractivity contribution in [3.63, 3.8) is 0 Å². The summed E-state index contributed by atoms with van der Waals surface area (Å²) >= 11 is 2.05. The molecule has 0 saturated carbocycles. The van der Waals surface area contributed by atoms with Gasteiger partial charge in [-0.1, -0.05) is 44.2 Å². The number of carbonyl (C=O) groups excluding carboxylic acids is 1. The van der Waals surface area contributed by atoms with Gasteiger partial charge >= 0.3 is 0 Å². The Balaban J connectivity index is 1.63. The predicted octanol–water partition coefficient (Wildman–Crippen LogP) is 3.56. The molecule has 3 rings (SSSR count). The normalized spacial score (nSPS) is 24.9. The van der Waals surface area contributed by atoms with Crippen LogP contribution in [0.4, 0.5) is 0 Å². The van der Waals surface area contributed by atoms with Gasteiger partial charge in [0.25, 0.3) is 0 Å². The van der Waals surface area contributed by atoms with Crippen molar-refractivity contribution < 1.29 is 9.53 Å². The molecule has 4 nitrogen and oxygen atoms in total. The second kappa shape index (κ2) is 10.1. The van der Waals surface area contributed by atoms with Crippen LogP contribution in [0.5, 0.6) is 0 Å². The number of hydrogen-bond acceptors (Lipinski definition) is 4. The highest BCUT2D eigenvalue weighted by atomic mass is 32.2. The summed E-state index contributed by atoms with van der Waals surface area (Å²) in [5, 5.41) is 0.697. The average molecular weight is 405 g/mol.